The lowest BCUT2D eigenvalue weighted by atomic mass is 10.0. The number of nitrogens with one attached hydrogen (secondary N) is 1. The van der Waals surface area contributed by atoms with Crippen LogP contribution in [0, 0.1) is 0 Å². The summed E-state index contributed by atoms with van der Waals surface area (Å²) in [7, 11) is 7.27. The van der Waals surface area contributed by atoms with E-state index < -0.39 is 0 Å². The maximum Gasteiger partial charge on any atom is 0.143 e. The molecule has 132 valence electrons. The molecule has 0 saturated heterocycles. The van der Waals surface area contributed by atoms with E-state index in [1.54, 1.807) is 7.11 Å². The van der Waals surface area contributed by atoms with Gasteiger partial charge in [-0.05, 0) is 26.2 Å². The fraction of sp³-hybridized carbons (Fsp3) is 0.300. The van der Waals surface area contributed by atoms with Crippen molar-refractivity contribution in [2.24, 2.45) is 7.05 Å². The Labute approximate surface area is 148 Å². The molecule has 0 radical (unpaired) electrons. The van der Waals surface area contributed by atoms with Gasteiger partial charge in [-0.1, -0.05) is 36.4 Å². The van der Waals surface area contributed by atoms with Gasteiger partial charge >= 0.3 is 0 Å². The van der Waals surface area contributed by atoms with Gasteiger partial charge in [0.1, 0.15) is 11.5 Å². The largest absolute Gasteiger partial charge is 0.496 e. The van der Waals surface area contributed by atoms with Gasteiger partial charge in [-0.3, -0.25) is 9.48 Å². The number of ketones is 1. The summed E-state index contributed by atoms with van der Waals surface area (Å²) in [5.41, 5.74) is 2.79. The molecule has 1 aromatic heterocycles. The summed E-state index contributed by atoms with van der Waals surface area (Å²) in [6, 6.07) is 15.6. The molecule has 0 atom stereocenters. The fourth-order valence-corrected chi connectivity index (χ4v) is 2.73. The van der Waals surface area contributed by atoms with Crippen molar-refractivity contribution in [3.05, 3.63) is 59.8 Å². The molecule has 2 aromatic carbocycles. The minimum Gasteiger partial charge on any atom is -0.496 e. The topological polar surface area (TPSA) is 56.1 Å². The van der Waals surface area contributed by atoms with E-state index in [2.05, 4.69) is 10.4 Å². The third kappa shape index (κ3) is 4.67. The smallest absolute Gasteiger partial charge is 0.143 e. The zero-order chi connectivity index (χ0) is 18.2. The van der Waals surface area contributed by atoms with Gasteiger partial charge < -0.3 is 10.1 Å². The minimum atomic E-state index is 0.133. The molecular formula is C20H25N3O2. The highest BCUT2D eigenvalue weighted by molar-refractivity contribution is 5.89. The lowest BCUT2D eigenvalue weighted by Crippen LogP contribution is -2.08. The molecule has 3 rings (SSSR count). The summed E-state index contributed by atoms with van der Waals surface area (Å²) in [4.78, 5) is 12.4. The monoisotopic (exact) mass is 339 g/mol. The number of hydrogen-bond donors (Lipinski definition) is 1. The first-order valence-corrected chi connectivity index (χ1v) is 8.23. The maximum atomic E-state index is 12.4. The number of Topliss-reactive ketones (excluding diaryl/α,β-unsaturated/α-hetero) is 1. The molecule has 3 aromatic rings. The number of ether oxygens (including phenoxy) is 1. The number of carbonyl (C=O) groups excluding carboxylic acids is 1. The van der Waals surface area contributed by atoms with Crippen LogP contribution >= 0.6 is 0 Å². The van der Waals surface area contributed by atoms with Crippen molar-refractivity contribution in [3.8, 4) is 5.75 Å². The molecule has 5 nitrogen and oxygen atoms in total. The van der Waals surface area contributed by atoms with Gasteiger partial charge in [-0.15, -0.1) is 0 Å². The number of hydrogen-bond acceptors (Lipinski definition) is 4. The predicted molar refractivity (Wildman–Crippen MR) is 101 cm³/mol. The molecule has 0 amide bonds. The van der Waals surface area contributed by atoms with E-state index in [-0.39, 0.29) is 5.78 Å². The van der Waals surface area contributed by atoms with Crippen LogP contribution in [0.4, 0.5) is 0 Å². The SMILES string of the molecule is CNC.COc1ccccc1CC(=O)Cc1nn(C)c2ccccc12. The number of benzene rings is 2. The van der Waals surface area contributed by atoms with Crippen LogP contribution in [-0.2, 0) is 24.7 Å². The summed E-state index contributed by atoms with van der Waals surface area (Å²) in [5, 5.41) is 8.27. The van der Waals surface area contributed by atoms with Gasteiger partial charge in [-0.2, -0.15) is 5.10 Å². The molecular weight excluding hydrogens is 314 g/mol. The molecule has 0 unspecified atom stereocenters. The van der Waals surface area contributed by atoms with Gasteiger partial charge in [0.25, 0.3) is 0 Å². The summed E-state index contributed by atoms with van der Waals surface area (Å²) >= 11 is 0. The number of rotatable bonds is 5. The van der Waals surface area contributed by atoms with Gasteiger partial charge in [-0.25, -0.2) is 0 Å². The lowest BCUT2D eigenvalue weighted by molar-refractivity contribution is -0.117. The van der Waals surface area contributed by atoms with E-state index in [1.807, 2.05) is 74.4 Å². The zero-order valence-electron chi connectivity index (χ0n) is 15.2. The van der Waals surface area contributed by atoms with Crippen LogP contribution < -0.4 is 10.1 Å². The van der Waals surface area contributed by atoms with Gasteiger partial charge in [0.15, 0.2) is 0 Å². The molecule has 0 aliphatic carbocycles. The van der Waals surface area contributed by atoms with E-state index in [1.165, 1.54) is 0 Å². The Bertz CT molecular complexity index is 840. The Morgan fingerprint density at radius 2 is 1.72 bits per heavy atom. The molecule has 0 spiro atoms. The third-order valence-electron chi connectivity index (χ3n) is 3.78. The van der Waals surface area contributed by atoms with Gasteiger partial charge in [0, 0.05) is 24.4 Å². The molecule has 0 aliphatic rings. The molecule has 0 fully saturated rings. The Morgan fingerprint density at radius 1 is 1.08 bits per heavy atom. The second-order valence-electron chi connectivity index (χ2n) is 5.79. The third-order valence-corrected chi connectivity index (χ3v) is 3.78. The molecule has 1 N–H and O–H groups in total. The van der Waals surface area contributed by atoms with Crippen LogP contribution in [0.5, 0.6) is 5.75 Å². The number of aryl methyl sites for hydroxylation is 1. The van der Waals surface area contributed by atoms with Crippen LogP contribution in [-0.4, -0.2) is 36.8 Å². The summed E-state index contributed by atoms with van der Waals surface area (Å²) < 4.78 is 7.12. The lowest BCUT2D eigenvalue weighted by Gasteiger charge is -2.06. The van der Waals surface area contributed by atoms with Crippen LogP contribution in [0.1, 0.15) is 11.3 Å². The Morgan fingerprint density at radius 3 is 2.44 bits per heavy atom. The number of fused-ring (bicyclic) bond motifs is 1. The van der Waals surface area contributed by atoms with E-state index in [4.69, 9.17) is 4.74 Å². The fourth-order valence-electron chi connectivity index (χ4n) is 2.73. The minimum absolute atomic E-state index is 0.133. The zero-order valence-corrected chi connectivity index (χ0v) is 15.2. The van der Waals surface area contributed by atoms with E-state index in [0.29, 0.717) is 12.8 Å². The van der Waals surface area contributed by atoms with Crippen molar-refractivity contribution in [2.45, 2.75) is 12.8 Å². The first-order valence-electron chi connectivity index (χ1n) is 8.23. The molecule has 0 saturated carbocycles. The second kappa shape index (κ2) is 8.99. The van der Waals surface area contributed by atoms with E-state index >= 15 is 0 Å². The van der Waals surface area contributed by atoms with Crippen molar-refractivity contribution in [1.29, 1.82) is 0 Å². The standard InChI is InChI=1S/C18H18N2O2.C2H7N/c1-20-17-9-5-4-8-15(17)16(19-20)12-14(21)11-13-7-3-6-10-18(13)22-2;1-3-2/h3-10H,11-12H2,1-2H3;3H,1-2H3. The predicted octanol–water partition coefficient (Wildman–Crippen LogP) is 2.77. The van der Waals surface area contributed by atoms with Crippen molar-refractivity contribution in [1.82, 2.24) is 15.1 Å². The average Bonchev–Trinajstić information content (AvgIpc) is 2.92. The maximum absolute atomic E-state index is 12.4. The number of aromatic nitrogens is 2. The van der Waals surface area contributed by atoms with Crippen molar-refractivity contribution in [2.75, 3.05) is 21.2 Å². The van der Waals surface area contributed by atoms with Crippen LogP contribution in [0.25, 0.3) is 10.9 Å². The molecule has 5 heteroatoms. The van der Waals surface area contributed by atoms with Crippen molar-refractivity contribution >= 4 is 16.7 Å². The van der Waals surface area contributed by atoms with E-state index in [9.17, 15) is 4.79 Å². The highest BCUT2D eigenvalue weighted by Gasteiger charge is 2.14. The van der Waals surface area contributed by atoms with Crippen molar-refractivity contribution in [3.63, 3.8) is 0 Å². The number of para-hydroxylation sites is 2. The average molecular weight is 339 g/mol. The molecule has 25 heavy (non-hydrogen) atoms. The summed E-state index contributed by atoms with van der Waals surface area (Å²) in [5.74, 6) is 0.884. The highest BCUT2D eigenvalue weighted by Crippen LogP contribution is 2.21. The molecule has 0 aliphatic heterocycles. The number of carbonyl (C=O) groups is 1. The Kier molecular flexibility index (Phi) is 6.71. The van der Waals surface area contributed by atoms with Crippen LogP contribution in [0.2, 0.25) is 0 Å². The number of nitrogens with zero attached hydrogens (tertiary/aromatic N) is 2. The van der Waals surface area contributed by atoms with Crippen LogP contribution in [0.3, 0.4) is 0 Å². The second-order valence-corrected chi connectivity index (χ2v) is 5.79. The highest BCUT2D eigenvalue weighted by atomic mass is 16.5. The summed E-state index contributed by atoms with van der Waals surface area (Å²) in [6.07, 6.45) is 0.689. The molecule has 0 bridgehead atoms. The summed E-state index contributed by atoms with van der Waals surface area (Å²) in [6.45, 7) is 0. The normalized spacial score (nSPS) is 10.2. The van der Waals surface area contributed by atoms with Gasteiger partial charge in [0.05, 0.1) is 24.7 Å². The Hall–Kier alpha value is -2.66. The van der Waals surface area contributed by atoms with Gasteiger partial charge in [0.2, 0.25) is 0 Å². The first-order chi connectivity index (χ1) is 12.1. The van der Waals surface area contributed by atoms with Crippen LogP contribution in [0.15, 0.2) is 48.5 Å². The quantitative estimate of drug-likeness (QED) is 0.777. The van der Waals surface area contributed by atoms with Crippen molar-refractivity contribution < 1.29 is 9.53 Å². The number of methoxy groups -OCH3 is 1. The Balaban J connectivity index is 0.000000701. The molecule has 1 heterocycles. The van der Waals surface area contributed by atoms with E-state index in [0.717, 1.165) is 27.9 Å². The first kappa shape index (κ1) is 18.7.